The summed E-state index contributed by atoms with van der Waals surface area (Å²) in [6.07, 6.45) is 1.22. The molecular formula is C17H28N4O2S. The van der Waals surface area contributed by atoms with Crippen LogP contribution in [-0.4, -0.2) is 73.5 Å². The van der Waals surface area contributed by atoms with E-state index < -0.39 is 0 Å². The number of likely N-dealkylation sites (tertiary alicyclic amines) is 1. The largest absolute Gasteiger partial charge is 0.344 e. The number of aryl methyl sites for hydroxylation is 1. The van der Waals surface area contributed by atoms with Crippen molar-refractivity contribution in [3.63, 3.8) is 0 Å². The number of carbonyl (C=O) groups excluding carboxylic acids is 2. The summed E-state index contributed by atoms with van der Waals surface area (Å²) in [5, 5.41) is 5.17. The van der Waals surface area contributed by atoms with Gasteiger partial charge in [0.2, 0.25) is 5.91 Å². The molecule has 0 aliphatic carbocycles. The zero-order valence-corrected chi connectivity index (χ0v) is 15.9. The van der Waals surface area contributed by atoms with E-state index in [9.17, 15) is 9.59 Å². The van der Waals surface area contributed by atoms with E-state index in [0.717, 1.165) is 6.54 Å². The monoisotopic (exact) mass is 352 g/mol. The molecule has 1 aliphatic heterocycles. The van der Waals surface area contributed by atoms with Gasteiger partial charge >= 0.3 is 6.03 Å². The lowest BCUT2D eigenvalue weighted by Gasteiger charge is -2.32. The number of hydrogen-bond acceptors (Lipinski definition) is 4. The normalized spacial score (nSPS) is 18.1. The standard InChI is InChI=1S/C17H28N4O2S/c1-13-7-10-24-15(13)12-21(9-8-19(2)3)17(23)18-14-5-6-16(22)20(4)11-14/h7,10,14H,5-6,8-9,11-12H2,1-4H3,(H,18,23). The molecule has 1 aromatic heterocycles. The highest BCUT2D eigenvalue weighted by Crippen LogP contribution is 2.18. The number of urea groups is 1. The molecule has 1 unspecified atom stereocenters. The number of rotatable bonds is 6. The van der Waals surface area contributed by atoms with Gasteiger partial charge in [-0.05, 0) is 44.4 Å². The molecule has 6 nitrogen and oxygen atoms in total. The molecule has 0 bridgehead atoms. The maximum absolute atomic E-state index is 12.7. The second kappa shape index (κ2) is 8.48. The Kier molecular flexibility index (Phi) is 6.62. The number of hydrogen-bond donors (Lipinski definition) is 1. The molecule has 3 amide bonds. The lowest BCUT2D eigenvalue weighted by Crippen LogP contribution is -2.52. The fourth-order valence-corrected chi connectivity index (χ4v) is 3.63. The third-order valence-electron chi connectivity index (χ3n) is 4.36. The highest BCUT2D eigenvalue weighted by Gasteiger charge is 2.26. The van der Waals surface area contributed by atoms with Crippen LogP contribution in [0.15, 0.2) is 11.4 Å². The van der Waals surface area contributed by atoms with Crippen molar-refractivity contribution < 1.29 is 9.59 Å². The molecule has 0 spiro atoms. The van der Waals surface area contributed by atoms with Crippen LogP contribution in [-0.2, 0) is 11.3 Å². The molecule has 7 heteroatoms. The lowest BCUT2D eigenvalue weighted by molar-refractivity contribution is -0.132. The van der Waals surface area contributed by atoms with Crippen LogP contribution < -0.4 is 5.32 Å². The summed E-state index contributed by atoms with van der Waals surface area (Å²) in [7, 11) is 5.81. The van der Waals surface area contributed by atoms with Crippen molar-refractivity contribution in [1.29, 1.82) is 0 Å². The third-order valence-corrected chi connectivity index (χ3v) is 5.37. The first-order valence-corrected chi connectivity index (χ1v) is 9.22. The lowest BCUT2D eigenvalue weighted by atomic mass is 10.1. The van der Waals surface area contributed by atoms with Crippen molar-refractivity contribution in [2.75, 3.05) is 40.8 Å². The molecule has 134 valence electrons. The number of likely N-dealkylation sites (N-methyl/N-ethyl adjacent to an activating group) is 2. The summed E-state index contributed by atoms with van der Waals surface area (Å²) in [5.41, 5.74) is 1.23. The van der Waals surface area contributed by atoms with Crippen molar-refractivity contribution in [1.82, 2.24) is 20.0 Å². The Morgan fingerprint density at radius 3 is 2.75 bits per heavy atom. The quantitative estimate of drug-likeness (QED) is 0.849. The van der Waals surface area contributed by atoms with Crippen LogP contribution in [0.3, 0.4) is 0 Å². The number of nitrogens with one attached hydrogen (secondary N) is 1. The maximum atomic E-state index is 12.7. The molecule has 24 heavy (non-hydrogen) atoms. The first-order chi connectivity index (χ1) is 11.4. The van der Waals surface area contributed by atoms with E-state index in [0.29, 0.717) is 32.5 Å². The molecule has 1 atom stereocenters. The van der Waals surface area contributed by atoms with Gasteiger partial charge in [0.05, 0.1) is 6.54 Å². The summed E-state index contributed by atoms with van der Waals surface area (Å²) in [4.78, 5) is 31.2. The van der Waals surface area contributed by atoms with Crippen molar-refractivity contribution >= 4 is 23.3 Å². The first kappa shape index (κ1) is 18.7. The van der Waals surface area contributed by atoms with Crippen molar-refractivity contribution in [3.05, 3.63) is 21.9 Å². The minimum Gasteiger partial charge on any atom is -0.344 e. The van der Waals surface area contributed by atoms with Crippen LogP contribution in [0.5, 0.6) is 0 Å². The van der Waals surface area contributed by atoms with Crippen molar-refractivity contribution in [3.8, 4) is 0 Å². The van der Waals surface area contributed by atoms with E-state index in [2.05, 4.69) is 28.6 Å². The van der Waals surface area contributed by atoms with Crippen LogP contribution in [0.4, 0.5) is 4.79 Å². The molecule has 1 aliphatic rings. The highest BCUT2D eigenvalue weighted by atomic mass is 32.1. The molecule has 1 aromatic rings. The second-order valence-electron chi connectivity index (χ2n) is 6.71. The highest BCUT2D eigenvalue weighted by molar-refractivity contribution is 7.10. The van der Waals surface area contributed by atoms with Gasteiger partial charge in [-0.2, -0.15) is 0 Å². The van der Waals surface area contributed by atoms with Gasteiger partial charge in [-0.25, -0.2) is 4.79 Å². The SMILES string of the molecule is Cc1ccsc1CN(CCN(C)C)C(=O)NC1CCC(=O)N(C)C1. The Labute approximate surface area is 148 Å². The number of piperidine rings is 1. The zero-order chi connectivity index (χ0) is 17.7. The fraction of sp³-hybridized carbons (Fsp3) is 0.647. The van der Waals surface area contributed by atoms with E-state index in [4.69, 9.17) is 0 Å². The number of nitrogens with zero attached hydrogens (tertiary/aromatic N) is 3. The van der Waals surface area contributed by atoms with Gasteiger partial charge in [-0.3, -0.25) is 4.79 Å². The average molecular weight is 353 g/mol. The summed E-state index contributed by atoms with van der Waals surface area (Å²) in [6.45, 7) is 4.79. The second-order valence-corrected chi connectivity index (χ2v) is 7.71. The van der Waals surface area contributed by atoms with Crippen LogP contribution in [0.2, 0.25) is 0 Å². The summed E-state index contributed by atoms with van der Waals surface area (Å²) in [6, 6.07) is 2.08. The Bertz CT molecular complexity index is 573. The van der Waals surface area contributed by atoms with Gasteiger partial charge in [0.25, 0.3) is 0 Å². The van der Waals surface area contributed by atoms with Gasteiger partial charge in [0.15, 0.2) is 0 Å². The number of carbonyl (C=O) groups is 2. The van der Waals surface area contributed by atoms with Crippen LogP contribution in [0.25, 0.3) is 0 Å². The molecule has 1 saturated heterocycles. The summed E-state index contributed by atoms with van der Waals surface area (Å²) in [5.74, 6) is 0.152. The van der Waals surface area contributed by atoms with Crippen LogP contribution in [0.1, 0.15) is 23.3 Å². The smallest absolute Gasteiger partial charge is 0.318 e. The molecule has 0 saturated carbocycles. The fourth-order valence-electron chi connectivity index (χ4n) is 2.71. The molecular weight excluding hydrogens is 324 g/mol. The van der Waals surface area contributed by atoms with Gasteiger partial charge in [-0.15, -0.1) is 11.3 Å². The van der Waals surface area contributed by atoms with Gasteiger partial charge in [-0.1, -0.05) is 0 Å². The van der Waals surface area contributed by atoms with E-state index >= 15 is 0 Å². The Morgan fingerprint density at radius 1 is 1.42 bits per heavy atom. The first-order valence-electron chi connectivity index (χ1n) is 8.34. The third kappa shape index (κ3) is 5.21. The predicted octanol–water partition coefficient (Wildman–Crippen LogP) is 1.75. The molecule has 0 aromatic carbocycles. The minimum atomic E-state index is -0.0441. The summed E-state index contributed by atoms with van der Waals surface area (Å²) < 4.78 is 0. The molecule has 1 N–H and O–H groups in total. The number of amides is 3. The van der Waals surface area contributed by atoms with E-state index in [-0.39, 0.29) is 18.0 Å². The average Bonchev–Trinajstić information content (AvgIpc) is 2.92. The predicted molar refractivity (Wildman–Crippen MR) is 97.2 cm³/mol. The minimum absolute atomic E-state index is 0.0338. The van der Waals surface area contributed by atoms with Crippen LogP contribution >= 0.6 is 11.3 Å². The Hall–Kier alpha value is -1.60. The Morgan fingerprint density at radius 2 is 2.17 bits per heavy atom. The van der Waals surface area contributed by atoms with Crippen LogP contribution in [0, 0.1) is 6.92 Å². The maximum Gasteiger partial charge on any atom is 0.318 e. The van der Waals surface area contributed by atoms with E-state index in [1.807, 2.05) is 19.0 Å². The Balaban J connectivity index is 1.98. The summed E-state index contributed by atoms with van der Waals surface area (Å²) >= 11 is 1.69. The van der Waals surface area contributed by atoms with Gasteiger partial charge in [0, 0.05) is 44.0 Å². The van der Waals surface area contributed by atoms with Crippen molar-refractivity contribution in [2.45, 2.75) is 32.4 Å². The molecule has 1 fully saturated rings. The topological polar surface area (TPSA) is 55.9 Å². The zero-order valence-electron chi connectivity index (χ0n) is 15.0. The molecule has 0 radical (unpaired) electrons. The number of thiophene rings is 1. The van der Waals surface area contributed by atoms with Gasteiger partial charge < -0.3 is 20.0 Å². The van der Waals surface area contributed by atoms with E-state index in [1.165, 1.54) is 10.4 Å². The van der Waals surface area contributed by atoms with Crippen molar-refractivity contribution in [2.24, 2.45) is 0 Å². The molecule has 2 heterocycles. The molecule has 2 rings (SSSR count). The van der Waals surface area contributed by atoms with Gasteiger partial charge in [0.1, 0.15) is 0 Å². The van der Waals surface area contributed by atoms with E-state index in [1.54, 1.807) is 23.3 Å².